The Morgan fingerprint density at radius 1 is 0.289 bits per heavy atom. The van der Waals surface area contributed by atoms with Crippen LogP contribution in [0.1, 0.15) is 10.4 Å². The molecule has 0 unspecified atom stereocenters. The number of carbonyl (C=O) groups excluding carboxylic acids is 1. The number of hydrogen-bond acceptors (Lipinski definition) is 1. The van der Waals surface area contributed by atoms with Crippen LogP contribution in [0.2, 0.25) is 0 Å². The normalized spacial score (nSPS) is 12.0. The highest BCUT2D eigenvalue weighted by Crippen LogP contribution is 2.57. The van der Waals surface area contributed by atoms with Gasteiger partial charge in [0.1, 0.15) is 82.0 Å². The minimum absolute atomic E-state index is 0.178. The first-order valence-electron chi connectivity index (χ1n) is 23.9. The van der Waals surface area contributed by atoms with E-state index in [1.165, 1.54) is 48.2 Å². The van der Waals surface area contributed by atoms with Gasteiger partial charge in [0.25, 0.3) is 0 Å². The number of benzene rings is 11. The highest BCUT2D eigenvalue weighted by molar-refractivity contribution is 7.96. The lowest BCUT2D eigenvalue weighted by atomic mass is 9.12. The summed E-state index contributed by atoms with van der Waals surface area (Å²) in [7, 11) is -2.38. The first kappa shape index (κ1) is 57.5. The number of ketones is 1. The third-order valence-corrected chi connectivity index (χ3v) is 18.8. The zero-order chi connectivity index (χ0) is 59.9. The van der Waals surface area contributed by atoms with Gasteiger partial charge in [0, 0.05) is 16.3 Å². The third-order valence-electron chi connectivity index (χ3n) is 14.5. The standard InChI is InChI=1S/C36H26OP.C24BF20/c37-33(26-11-4-1-5-12-26)25-38(30-15-6-2-7-16-30,31-17-8-3-9-18-31)34-24-22-29-20-19-27-13-10-14-28-21-23-32(34)36(29)35(27)28;26-5-1(6(27)14(35)21(42)13(5)34)25(2-7(28)15(36)22(43)16(37)8(2)29,3-9(30)17(38)23(44)18(39)10(3)31)4-11(32)19(40)24(45)20(41)12(4)33/h1-24H,25H2;/q+1;-1. The Morgan fingerprint density at radius 2 is 0.566 bits per heavy atom. The second kappa shape index (κ2) is 21.5. The largest absolute Gasteiger partial charge is 0.290 e. The van der Waals surface area contributed by atoms with Crippen molar-refractivity contribution in [2.45, 2.75) is 0 Å². The van der Waals surface area contributed by atoms with Crippen LogP contribution in [0, 0.1) is 116 Å². The Hall–Kier alpha value is -8.78. The zero-order valence-electron chi connectivity index (χ0n) is 41.1. The second-order valence-corrected chi connectivity index (χ2v) is 22.1. The summed E-state index contributed by atoms with van der Waals surface area (Å²) in [5, 5.41) is 11.3. The molecule has 0 aliphatic carbocycles. The van der Waals surface area contributed by atoms with Gasteiger partial charge in [0.2, 0.25) is 5.78 Å². The molecular weight excluding hydrogens is 1160 g/mol. The second-order valence-electron chi connectivity index (χ2n) is 18.7. The Labute approximate surface area is 454 Å². The van der Waals surface area contributed by atoms with Crippen molar-refractivity contribution < 1.29 is 92.6 Å². The summed E-state index contributed by atoms with van der Waals surface area (Å²) in [4.78, 5) is 14.1. The maximum Gasteiger partial charge on any atom is 0.201 e. The van der Waals surface area contributed by atoms with Crippen LogP contribution in [0.5, 0.6) is 0 Å². The molecule has 0 radical (unpaired) electrons. The zero-order valence-corrected chi connectivity index (χ0v) is 42.0. The van der Waals surface area contributed by atoms with Gasteiger partial charge in [-0.25, -0.2) is 87.8 Å². The molecule has 11 aromatic rings. The van der Waals surface area contributed by atoms with Crippen molar-refractivity contribution in [3.63, 3.8) is 0 Å². The van der Waals surface area contributed by atoms with Gasteiger partial charge in [-0.2, -0.15) is 0 Å². The summed E-state index contributed by atoms with van der Waals surface area (Å²) in [6.07, 6.45) is -6.78. The number of hydrogen-bond donors (Lipinski definition) is 0. The molecule has 83 heavy (non-hydrogen) atoms. The molecule has 0 spiro atoms. The highest BCUT2D eigenvalue weighted by atomic mass is 31.2. The van der Waals surface area contributed by atoms with Crippen LogP contribution in [-0.4, -0.2) is 18.1 Å². The van der Waals surface area contributed by atoms with Crippen LogP contribution in [0.15, 0.2) is 146 Å². The smallest absolute Gasteiger partial charge is 0.201 e. The lowest BCUT2D eigenvalue weighted by molar-refractivity contribution is 0.102. The van der Waals surface area contributed by atoms with E-state index in [1.807, 2.05) is 30.3 Å². The SMILES string of the molecule is Fc1c(F)c(F)c([B-](c2c(F)c(F)c(F)c(F)c2F)(c2c(F)c(F)c(F)c(F)c2F)c2c(F)c(F)c(F)c(F)c2F)c(F)c1F.O=C(C[P+](c1ccccc1)(c1ccccc1)c1ccc2ccc3cccc4ccc1c2c34)c1ccccc1. The van der Waals surface area contributed by atoms with Gasteiger partial charge in [-0.1, -0.05) is 109 Å². The van der Waals surface area contributed by atoms with Crippen molar-refractivity contribution in [3.05, 3.63) is 268 Å². The molecule has 0 fully saturated rings. The van der Waals surface area contributed by atoms with E-state index in [2.05, 4.69) is 115 Å². The summed E-state index contributed by atoms with van der Waals surface area (Å²) in [5.74, 6) is -71.2. The predicted octanol–water partition coefficient (Wildman–Crippen LogP) is 13.6. The van der Waals surface area contributed by atoms with E-state index in [9.17, 15) is 57.5 Å². The minimum atomic E-state index is -7.22. The molecule has 0 heterocycles. The minimum Gasteiger partial charge on any atom is -0.290 e. The van der Waals surface area contributed by atoms with E-state index in [4.69, 9.17) is 0 Å². The average Bonchev–Trinajstić information content (AvgIpc) is 1.16. The van der Waals surface area contributed by atoms with Crippen molar-refractivity contribution in [2.75, 3.05) is 6.16 Å². The van der Waals surface area contributed by atoms with E-state index in [0.717, 1.165) is 5.56 Å². The fraction of sp³-hybridized carbons (Fsp3) is 0.0167. The summed E-state index contributed by atoms with van der Waals surface area (Å²) in [5.41, 5.74) is -13.6. The van der Waals surface area contributed by atoms with Gasteiger partial charge in [-0.05, 0) is 57.9 Å². The number of carbonyl (C=O) groups is 1. The monoisotopic (exact) mass is 1180 g/mol. The van der Waals surface area contributed by atoms with Crippen molar-refractivity contribution in [1.29, 1.82) is 0 Å². The van der Waals surface area contributed by atoms with E-state index >= 15 is 35.1 Å². The molecule has 0 atom stereocenters. The molecule has 0 aliphatic rings. The Balaban J connectivity index is 0.000000187. The number of Topliss-reactive ketones (excluding diaryl/α,β-unsaturated/α-hetero) is 1. The molecule has 0 aliphatic heterocycles. The van der Waals surface area contributed by atoms with Gasteiger partial charge in [0.15, 0.2) is 69.8 Å². The van der Waals surface area contributed by atoms with Crippen LogP contribution in [0.4, 0.5) is 87.8 Å². The van der Waals surface area contributed by atoms with Crippen LogP contribution < -0.4 is 37.8 Å². The molecule has 11 rings (SSSR count). The molecule has 0 saturated carbocycles. The molecule has 0 N–H and O–H groups in total. The van der Waals surface area contributed by atoms with Gasteiger partial charge in [-0.15, -0.1) is 21.9 Å². The van der Waals surface area contributed by atoms with E-state index in [1.54, 1.807) is 0 Å². The van der Waals surface area contributed by atoms with Gasteiger partial charge < -0.3 is 0 Å². The summed E-state index contributed by atoms with van der Waals surface area (Å²) in [6.45, 7) is 0. The van der Waals surface area contributed by atoms with E-state index in [0.29, 0.717) is 6.16 Å². The lowest BCUT2D eigenvalue weighted by Crippen LogP contribution is -2.81. The predicted molar refractivity (Wildman–Crippen MR) is 274 cm³/mol. The first-order chi connectivity index (χ1) is 39.5. The topological polar surface area (TPSA) is 17.1 Å². The quantitative estimate of drug-likeness (QED) is 0.0254. The van der Waals surface area contributed by atoms with Crippen molar-refractivity contribution in [1.82, 2.24) is 0 Å². The fourth-order valence-corrected chi connectivity index (χ4v) is 15.2. The summed E-state index contributed by atoms with van der Waals surface area (Å²) >= 11 is 0. The fourth-order valence-electron chi connectivity index (χ4n) is 10.9. The van der Waals surface area contributed by atoms with Crippen molar-refractivity contribution in [3.8, 4) is 0 Å². The maximum atomic E-state index is 15.4. The first-order valence-corrected chi connectivity index (χ1v) is 25.9. The molecular formula is C60H26BF20OP. The van der Waals surface area contributed by atoms with Crippen LogP contribution in [0.25, 0.3) is 32.3 Å². The van der Waals surface area contributed by atoms with Crippen molar-refractivity contribution >= 4 is 89.3 Å². The molecule has 0 aromatic heterocycles. The van der Waals surface area contributed by atoms with Crippen LogP contribution in [-0.2, 0) is 0 Å². The van der Waals surface area contributed by atoms with Crippen LogP contribution in [0.3, 0.4) is 0 Å². The average molecular weight is 1180 g/mol. The Kier molecular flexibility index (Phi) is 14.9. The number of halogens is 20. The van der Waals surface area contributed by atoms with Crippen molar-refractivity contribution in [2.24, 2.45) is 0 Å². The van der Waals surface area contributed by atoms with Gasteiger partial charge in [0.05, 0.1) is 0 Å². The molecule has 11 aromatic carbocycles. The van der Waals surface area contributed by atoms with E-state index < -0.39 is 152 Å². The molecule has 0 amide bonds. The van der Waals surface area contributed by atoms with Crippen LogP contribution >= 0.6 is 7.26 Å². The molecule has 23 heteroatoms. The third kappa shape index (κ3) is 8.65. The molecule has 1 nitrogen and oxygen atoms in total. The summed E-state index contributed by atoms with van der Waals surface area (Å²) in [6, 6.07) is 51.3. The highest BCUT2D eigenvalue weighted by Gasteiger charge is 2.53. The maximum absolute atomic E-state index is 15.4. The van der Waals surface area contributed by atoms with Gasteiger partial charge in [-0.3, -0.25) is 4.79 Å². The molecule has 0 saturated heterocycles. The Morgan fingerprint density at radius 3 is 0.904 bits per heavy atom. The lowest BCUT2D eigenvalue weighted by Gasteiger charge is -2.44. The number of rotatable bonds is 10. The summed E-state index contributed by atoms with van der Waals surface area (Å²) < 4.78 is 294. The molecule has 0 bridgehead atoms. The van der Waals surface area contributed by atoms with Gasteiger partial charge >= 0.3 is 0 Å². The molecule has 420 valence electrons. The van der Waals surface area contributed by atoms with E-state index in [-0.39, 0.29) is 5.78 Å². The Bertz CT molecular complexity index is 4000.